The van der Waals surface area contributed by atoms with E-state index in [0.29, 0.717) is 13.0 Å². The summed E-state index contributed by atoms with van der Waals surface area (Å²) in [4.78, 5) is 0. The Bertz CT molecular complexity index is 307. The molecule has 0 saturated heterocycles. The van der Waals surface area contributed by atoms with Gasteiger partial charge in [0.2, 0.25) is 0 Å². The van der Waals surface area contributed by atoms with Gasteiger partial charge in [-0.25, -0.2) is 0 Å². The van der Waals surface area contributed by atoms with Crippen molar-refractivity contribution in [1.82, 2.24) is 0 Å². The molecule has 3 nitrogen and oxygen atoms in total. The molecule has 0 bridgehead atoms. The summed E-state index contributed by atoms with van der Waals surface area (Å²) in [6, 6.07) is 5.25. The highest BCUT2D eigenvalue weighted by atomic mass is 16.5. The van der Waals surface area contributed by atoms with Gasteiger partial charge in [0, 0.05) is 18.1 Å². The van der Waals surface area contributed by atoms with Crippen LogP contribution >= 0.6 is 0 Å². The Morgan fingerprint density at radius 2 is 2.31 bits per heavy atom. The molecule has 1 heterocycles. The molecule has 1 atom stereocenters. The van der Waals surface area contributed by atoms with Crippen LogP contribution in [0.5, 0.6) is 11.5 Å². The predicted octanol–water partition coefficient (Wildman–Crippen LogP) is 1.25. The van der Waals surface area contributed by atoms with Crippen LogP contribution in [-0.4, -0.2) is 23.4 Å². The standard InChI is InChI=1S/C10H12O3/c11-5-4-7-6-13-9-3-1-2-8(12)10(7)9/h1-3,7,11-12H,4-6H2. The molecule has 70 valence electrons. The number of aromatic hydroxyl groups is 1. The van der Waals surface area contributed by atoms with Crippen LogP contribution in [0, 0.1) is 0 Å². The summed E-state index contributed by atoms with van der Waals surface area (Å²) in [7, 11) is 0. The SMILES string of the molecule is OCCC1COc2cccc(O)c21. The van der Waals surface area contributed by atoms with E-state index in [0.717, 1.165) is 11.3 Å². The van der Waals surface area contributed by atoms with Crippen molar-refractivity contribution in [2.75, 3.05) is 13.2 Å². The second-order valence-corrected chi connectivity index (χ2v) is 3.21. The number of aliphatic hydroxyl groups excluding tert-OH is 1. The van der Waals surface area contributed by atoms with E-state index in [-0.39, 0.29) is 18.3 Å². The zero-order valence-electron chi connectivity index (χ0n) is 7.23. The van der Waals surface area contributed by atoms with Gasteiger partial charge in [0.05, 0.1) is 6.61 Å². The van der Waals surface area contributed by atoms with Gasteiger partial charge in [-0.1, -0.05) is 6.07 Å². The summed E-state index contributed by atoms with van der Waals surface area (Å²) in [5.41, 5.74) is 0.844. The van der Waals surface area contributed by atoms with Crippen LogP contribution in [0.15, 0.2) is 18.2 Å². The van der Waals surface area contributed by atoms with Crippen molar-refractivity contribution in [1.29, 1.82) is 0 Å². The summed E-state index contributed by atoms with van der Waals surface area (Å²) in [5.74, 6) is 1.16. The van der Waals surface area contributed by atoms with Gasteiger partial charge in [-0.05, 0) is 18.6 Å². The van der Waals surface area contributed by atoms with Gasteiger partial charge in [-0.2, -0.15) is 0 Å². The molecule has 0 aromatic heterocycles. The zero-order valence-corrected chi connectivity index (χ0v) is 7.23. The van der Waals surface area contributed by atoms with Gasteiger partial charge in [-0.15, -0.1) is 0 Å². The highest BCUT2D eigenvalue weighted by Crippen LogP contribution is 2.41. The van der Waals surface area contributed by atoms with Crippen LogP contribution in [0.1, 0.15) is 17.9 Å². The lowest BCUT2D eigenvalue weighted by molar-refractivity contribution is 0.254. The van der Waals surface area contributed by atoms with Gasteiger partial charge in [0.15, 0.2) is 0 Å². The Kier molecular flexibility index (Phi) is 2.10. The maximum absolute atomic E-state index is 9.57. The van der Waals surface area contributed by atoms with E-state index in [1.54, 1.807) is 12.1 Å². The Balaban J connectivity index is 2.34. The Labute approximate surface area is 76.6 Å². The first-order valence-electron chi connectivity index (χ1n) is 4.38. The van der Waals surface area contributed by atoms with Crippen molar-refractivity contribution in [2.24, 2.45) is 0 Å². The fraction of sp³-hybridized carbons (Fsp3) is 0.400. The number of hydrogen-bond acceptors (Lipinski definition) is 3. The molecule has 3 heteroatoms. The fourth-order valence-corrected chi connectivity index (χ4v) is 1.73. The monoisotopic (exact) mass is 180 g/mol. The number of hydrogen-bond donors (Lipinski definition) is 2. The summed E-state index contributed by atoms with van der Waals surface area (Å²) in [6.45, 7) is 0.690. The molecule has 1 aliphatic rings. The van der Waals surface area contributed by atoms with Crippen molar-refractivity contribution in [3.63, 3.8) is 0 Å². The smallest absolute Gasteiger partial charge is 0.126 e. The van der Waals surface area contributed by atoms with Gasteiger partial charge in [0.1, 0.15) is 11.5 Å². The first kappa shape index (κ1) is 8.38. The predicted molar refractivity (Wildman–Crippen MR) is 48.0 cm³/mol. The molecule has 0 spiro atoms. The van der Waals surface area contributed by atoms with Crippen molar-refractivity contribution in [3.8, 4) is 11.5 Å². The number of rotatable bonds is 2. The van der Waals surface area contributed by atoms with Gasteiger partial charge < -0.3 is 14.9 Å². The summed E-state index contributed by atoms with van der Waals surface area (Å²) in [5, 5.41) is 18.4. The Hall–Kier alpha value is -1.22. The molecule has 0 saturated carbocycles. The average molecular weight is 180 g/mol. The van der Waals surface area contributed by atoms with Crippen molar-refractivity contribution in [3.05, 3.63) is 23.8 Å². The molecule has 0 aliphatic carbocycles. The van der Waals surface area contributed by atoms with E-state index in [9.17, 15) is 5.11 Å². The number of fused-ring (bicyclic) bond motifs is 1. The van der Waals surface area contributed by atoms with Crippen LogP contribution in [0.25, 0.3) is 0 Å². The van der Waals surface area contributed by atoms with E-state index in [4.69, 9.17) is 9.84 Å². The van der Waals surface area contributed by atoms with E-state index in [2.05, 4.69) is 0 Å². The highest BCUT2D eigenvalue weighted by molar-refractivity contribution is 5.48. The molecule has 1 aromatic carbocycles. The molecule has 1 aromatic rings. The third kappa shape index (κ3) is 1.35. The third-order valence-electron chi connectivity index (χ3n) is 2.37. The van der Waals surface area contributed by atoms with Crippen LogP contribution in [-0.2, 0) is 0 Å². The average Bonchev–Trinajstić information content (AvgIpc) is 2.51. The lowest BCUT2D eigenvalue weighted by Crippen LogP contribution is -2.02. The van der Waals surface area contributed by atoms with Gasteiger partial charge >= 0.3 is 0 Å². The van der Waals surface area contributed by atoms with E-state index in [1.807, 2.05) is 6.07 Å². The minimum Gasteiger partial charge on any atom is -0.508 e. The zero-order chi connectivity index (χ0) is 9.26. The lowest BCUT2D eigenvalue weighted by Gasteiger charge is -2.07. The molecule has 2 rings (SSSR count). The normalized spacial score (nSPS) is 19.6. The Morgan fingerprint density at radius 1 is 1.46 bits per heavy atom. The van der Waals surface area contributed by atoms with Crippen molar-refractivity contribution in [2.45, 2.75) is 12.3 Å². The van der Waals surface area contributed by atoms with Crippen LogP contribution in [0.4, 0.5) is 0 Å². The molecule has 2 N–H and O–H groups in total. The van der Waals surface area contributed by atoms with Gasteiger partial charge in [0.25, 0.3) is 0 Å². The molecule has 1 aliphatic heterocycles. The second-order valence-electron chi connectivity index (χ2n) is 3.21. The minimum absolute atomic E-state index is 0.127. The Morgan fingerprint density at radius 3 is 3.08 bits per heavy atom. The van der Waals surface area contributed by atoms with Crippen molar-refractivity contribution < 1.29 is 14.9 Å². The van der Waals surface area contributed by atoms with Crippen LogP contribution in [0.3, 0.4) is 0 Å². The first-order chi connectivity index (χ1) is 6.33. The van der Waals surface area contributed by atoms with Gasteiger partial charge in [-0.3, -0.25) is 0 Å². The summed E-state index contributed by atoms with van der Waals surface area (Å²) < 4.78 is 5.37. The maximum atomic E-state index is 9.57. The number of phenolic OH excluding ortho intramolecular Hbond substituents is 1. The number of benzene rings is 1. The van der Waals surface area contributed by atoms with Crippen LogP contribution in [0.2, 0.25) is 0 Å². The molecule has 1 unspecified atom stereocenters. The largest absolute Gasteiger partial charge is 0.508 e. The molecule has 13 heavy (non-hydrogen) atoms. The molecular formula is C10H12O3. The minimum atomic E-state index is 0.127. The molecule has 0 amide bonds. The first-order valence-corrected chi connectivity index (χ1v) is 4.38. The van der Waals surface area contributed by atoms with Crippen molar-refractivity contribution >= 4 is 0 Å². The lowest BCUT2D eigenvalue weighted by atomic mass is 9.97. The van der Waals surface area contributed by atoms with E-state index >= 15 is 0 Å². The topological polar surface area (TPSA) is 49.7 Å². The summed E-state index contributed by atoms with van der Waals surface area (Å²) in [6.07, 6.45) is 0.643. The third-order valence-corrected chi connectivity index (χ3v) is 2.37. The quantitative estimate of drug-likeness (QED) is 0.720. The number of ether oxygens (including phenoxy) is 1. The van der Waals surface area contributed by atoms with Crippen LogP contribution < -0.4 is 4.74 Å². The second kappa shape index (κ2) is 3.26. The number of aliphatic hydroxyl groups is 1. The fourth-order valence-electron chi connectivity index (χ4n) is 1.73. The molecule has 0 fully saturated rings. The molecular weight excluding hydrogens is 168 g/mol. The number of phenols is 1. The van der Waals surface area contributed by atoms with E-state index < -0.39 is 0 Å². The summed E-state index contributed by atoms with van der Waals surface area (Å²) >= 11 is 0. The van der Waals surface area contributed by atoms with E-state index in [1.165, 1.54) is 0 Å². The maximum Gasteiger partial charge on any atom is 0.126 e. The molecule has 0 radical (unpaired) electrons. The highest BCUT2D eigenvalue weighted by Gasteiger charge is 2.26.